The molecule has 29 heavy (non-hydrogen) atoms. The average Bonchev–Trinajstić information content (AvgIpc) is 2.73. The fourth-order valence-electron chi connectivity index (χ4n) is 3.04. The van der Waals surface area contributed by atoms with Crippen LogP contribution in [0.2, 0.25) is 5.02 Å². The lowest BCUT2D eigenvalue weighted by atomic mass is 10.0. The second kappa shape index (κ2) is 7.81. The molecule has 0 aliphatic carbocycles. The molecular weight excluding hydrogens is 390 g/mol. The van der Waals surface area contributed by atoms with E-state index in [-0.39, 0.29) is 5.91 Å². The first-order valence-corrected chi connectivity index (χ1v) is 9.21. The van der Waals surface area contributed by atoms with E-state index in [1.807, 2.05) is 12.1 Å². The third-order valence-corrected chi connectivity index (χ3v) is 4.78. The molecule has 1 heterocycles. The largest absolute Gasteiger partial charge is 0.495 e. The van der Waals surface area contributed by atoms with Crippen LogP contribution in [0.4, 0.5) is 5.69 Å². The second-order valence-corrected chi connectivity index (χ2v) is 6.78. The standard InChI is InChI=1S/C23H16ClNO4/c1-28-21-10-9-17(13-19(21)24)25-22(26)16-7-4-6-14(11-16)18-12-15-5-2-3-8-20(15)29-23(18)27/h2-13H,1H3,(H,25,26). The maximum Gasteiger partial charge on any atom is 0.344 e. The van der Waals surface area contributed by atoms with Gasteiger partial charge in [0.25, 0.3) is 5.91 Å². The lowest BCUT2D eigenvalue weighted by Gasteiger charge is -2.09. The smallest absolute Gasteiger partial charge is 0.344 e. The van der Waals surface area contributed by atoms with Gasteiger partial charge in [-0.2, -0.15) is 0 Å². The van der Waals surface area contributed by atoms with Crippen molar-refractivity contribution in [2.45, 2.75) is 0 Å². The zero-order valence-corrected chi connectivity index (χ0v) is 16.2. The van der Waals surface area contributed by atoms with Crippen molar-refractivity contribution in [2.75, 3.05) is 12.4 Å². The molecule has 1 amide bonds. The number of ether oxygens (including phenoxy) is 1. The molecule has 1 N–H and O–H groups in total. The number of para-hydroxylation sites is 1. The fourth-order valence-corrected chi connectivity index (χ4v) is 3.30. The van der Waals surface area contributed by atoms with Gasteiger partial charge >= 0.3 is 5.63 Å². The molecule has 0 spiro atoms. The van der Waals surface area contributed by atoms with Crippen molar-refractivity contribution in [1.82, 2.24) is 0 Å². The molecule has 0 unspecified atom stereocenters. The Hall–Kier alpha value is -3.57. The molecule has 5 nitrogen and oxygen atoms in total. The van der Waals surface area contributed by atoms with Gasteiger partial charge in [0, 0.05) is 16.6 Å². The summed E-state index contributed by atoms with van der Waals surface area (Å²) in [5.74, 6) is 0.202. The minimum atomic E-state index is -0.455. The van der Waals surface area contributed by atoms with Gasteiger partial charge in [-0.05, 0) is 48.0 Å². The Labute approximate surface area is 171 Å². The zero-order valence-electron chi connectivity index (χ0n) is 15.4. The van der Waals surface area contributed by atoms with Crippen molar-refractivity contribution in [1.29, 1.82) is 0 Å². The molecule has 144 valence electrons. The van der Waals surface area contributed by atoms with Gasteiger partial charge in [-0.15, -0.1) is 0 Å². The number of carbonyl (C=O) groups excluding carboxylic acids is 1. The van der Waals surface area contributed by atoms with Crippen LogP contribution in [0, 0.1) is 0 Å². The summed E-state index contributed by atoms with van der Waals surface area (Å²) in [6.45, 7) is 0. The molecule has 0 fully saturated rings. The number of fused-ring (bicyclic) bond motifs is 1. The summed E-state index contributed by atoms with van der Waals surface area (Å²) in [5.41, 5.74) is 2.00. The van der Waals surface area contributed by atoms with E-state index in [1.54, 1.807) is 60.7 Å². The van der Waals surface area contributed by atoms with Crippen LogP contribution in [-0.4, -0.2) is 13.0 Å². The van der Waals surface area contributed by atoms with Gasteiger partial charge in [0.05, 0.1) is 17.7 Å². The number of rotatable bonds is 4. The quantitative estimate of drug-likeness (QED) is 0.463. The van der Waals surface area contributed by atoms with Crippen LogP contribution in [0.25, 0.3) is 22.1 Å². The molecule has 0 saturated carbocycles. The van der Waals surface area contributed by atoms with Gasteiger partial charge in [-0.3, -0.25) is 4.79 Å². The predicted octanol–water partition coefficient (Wildman–Crippen LogP) is 5.37. The minimum absolute atomic E-state index is 0.321. The number of hydrogen-bond donors (Lipinski definition) is 1. The Morgan fingerprint density at radius 3 is 2.62 bits per heavy atom. The molecule has 3 aromatic carbocycles. The number of halogens is 1. The summed E-state index contributed by atoms with van der Waals surface area (Å²) in [4.78, 5) is 25.1. The van der Waals surface area contributed by atoms with Crippen LogP contribution in [-0.2, 0) is 0 Å². The SMILES string of the molecule is COc1ccc(NC(=O)c2cccc(-c3cc4ccccc4oc3=O)c2)cc1Cl. The van der Waals surface area contributed by atoms with Gasteiger partial charge in [0.15, 0.2) is 0 Å². The van der Waals surface area contributed by atoms with Gasteiger partial charge < -0.3 is 14.5 Å². The molecule has 0 saturated heterocycles. The van der Waals surface area contributed by atoms with E-state index in [0.717, 1.165) is 5.39 Å². The first kappa shape index (κ1) is 18.8. The van der Waals surface area contributed by atoms with Crippen molar-refractivity contribution in [2.24, 2.45) is 0 Å². The highest BCUT2D eigenvalue weighted by Crippen LogP contribution is 2.28. The normalized spacial score (nSPS) is 10.7. The van der Waals surface area contributed by atoms with E-state index in [0.29, 0.717) is 38.7 Å². The second-order valence-electron chi connectivity index (χ2n) is 6.37. The van der Waals surface area contributed by atoms with E-state index in [1.165, 1.54) is 7.11 Å². The van der Waals surface area contributed by atoms with Crippen molar-refractivity contribution >= 4 is 34.2 Å². The van der Waals surface area contributed by atoms with Crippen molar-refractivity contribution in [3.63, 3.8) is 0 Å². The lowest BCUT2D eigenvalue weighted by molar-refractivity contribution is 0.102. The third kappa shape index (κ3) is 3.86. The van der Waals surface area contributed by atoms with Gasteiger partial charge in [-0.1, -0.05) is 41.9 Å². The van der Waals surface area contributed by atoms with E-state index < -0.39 is 5.63 Å². The van der Waals surface area contributed by atoms with Crippen molar-refractivity contribution < 1.29 is 13.9 Å². The Morgan fingerprint density at radius 2 is 1.83 bits per heavy atom. The molecule has 0 aliphatic rings. The maximum atomic E-state index is 12.7. The zero-order chi connectivity index (χ0) is 20.4. The van der Waals surface area contributed by atoms with Crippen LogP contribution < -0.4 is 15.7 Å². The predicted molar refractivity (Wildman–Crippen MR) is 114 cm³/mol. The van der Waals surface area contributed by atoms with E-state index >= 15 is 0 Å². The molecule has 1 aromatic heterocycles. The maximum absolute atomic E-state index is 12.7. The molecule has 0 bridgehead atoms. The molecule has 0 atom stereocenters. The Kier molecular flexibility index (Phi) is 5.06. The highest BCUT2D eigenvalue weighted by atomic mass is 35.5. The van der Waals surface area contributed by atoms with Gasteiger partial charge in [0.2, 0.25) is 0 Å². The number of nitrogens with one attached hydrogen (secondary N) is 1. The lowest BCUT2D eigenvalue weighted by Crippen LogP contribution is -2.12. The summed E-state index contributed by atoms with van der Waals surface area (Å²) in [6, 6.07) is 20.9. The van der Waals surface area contributed by atoms with Crippen LogP contribution in [0.15, 0.2) is 82.0 Å². The summed E-state index contributed by atoms with van der Waals surface area (Å²) in [7, 11) is 1.52. The highest BCUT2D eigenvalue weighted by Gasteiger charge is 2.12. The molecule has 0 radical (unpaired) electrons. The number of amides is 1. The van der Waals surface area contributed by atoms with Crippen molar-refractivity contribution in [3.05, 3.63) is 93.8 Å². The highest BCUT2D eigenvalue weighted by molar-refractivity contribution is 6.32. The van der Waals surface area contributed by atoms with E-state index in [4.69, 9.17) is 20.8 Å². The summed E-state index contributed by atoms with van der Waals surface area (Å²) in [5, 5.41) is 4.00. The number of hydrogen-bond acceptors (Lipinski definition) is 4. The summed E-state index contributed by atoms with van der Waals surface area (Å²) >= 11 is 6.11. The van der Waals surface area contributed by atoms with Gasteiger partial charge in [0.1, 0.15) is 11.3 Å². The molecule has 0 aliphatic heterocycles. The van der Waals surface area contributed by atoms with Crippen molar-refractivity contribution in [3.8, 4) is 16.9 Å². The number of carbonyl (C=O) groups is 1. The monoisotopic (exact) mass is 405 g/mol. The summed E-state index contributed by atoms with van der Waals surface area (Å²) < 4.78 is 10.5. The molecular formula is C23H16ClNO4. The number of benzene rings is 3. The van der Waals surface area contributed by atoms with E-state index in [9.17, 15) is 9.59 Å². The molecule has 6 heteroatoms. The number of methoxy groups -OCH3 is 1. The number of anilines is 1. The third-order valence-electron chi connectivity index (χ3n) is 4.49. The topological polar surface area (TPSA) is 68.5 Å². The Balaban J connectivity index is 1.65. The summed E-state index contributed by atoms with van der Waals surface area (Å²) in [6.07, 6.45) is 0. The van der Waals surface area contributed by atoms with E-state index in [2.05, 4.69) is 5.32 Å². The fraction of sp³-hybridized carbons (Fsp3) is 0.0435. The van der Waals surface area contributed by atoms with Crippen LogP contribution in [0.1, 0.15) is 10.4 Å². The first-order chi connectivity index (χ1) is 14.0. The Bertz CT molecular complexity index is 1280. The Morgan fingerprint density at radius 1 is 1.00 bits per heavy atom. The first-order valence-electron chi connectivity index (χ1n) is 8.83. The molecule has 4 rings (SSSR count). The average molecular weight is 406 g/mol. The van der Waals surface area contributed by atoms with Gasteiger partial charge in [-0.25, -0.2) is 4.79 Å². The molecule has 4 aromatic rings. The van der Waals surface area contributed by atoms with Crippen LogP contribution >= 0.6 is 11.6 Å². The van der Waals surface area contributed by atoms with Crippen LogP contribution in [0.5, 0.6) is 5.75 Å². The minimum Gasteiger partial charge on any atom is -0.495 e. The van der Waals surface area contributed by atoms with Crippen LogP contribution in [0.3, 0.4) is 0 Å².